The van der Waals surface area contributed by atoms with E-state index in [1.165, 1.54) is 17.3 Å². The van der Waals surface area contributed by atoms with Gasteiger partial charge in [0.05, 0.1) is 25.7 Å². The zero-order valence-corrected chi connectivity index (χ0v) is 18.8. The molecule has 0 aliphatic heterocycles. The molecule has 0 spiro atoms. The molecule has 0 aliphatic rings. The summed E-state index contributed by atoms with van der Waals surface area (Å²) in [5.41, 5.74) is 2.68. The smallest absolute Gasteiger partial charge is 0.234 e. The van der Waals surface area contributed by atoms with Gasteiger partial charge in [-0.3, -0.25) is 9.47 Å². The van der Waals surface area contributed by atoms with Crippen molar-refractivity contribution in [3.05, 3.63) is 72.6 Å². The summed E-state index contributed by atoms with van der Waals surface area (Å²) in [6, 6.07) is 17.2. The van der Waals surface area contributed by atoms with E-state index in [-0.39, 0.29) is 11.7 Å². The van der Waals surface area contributed by atoms with Gasteiger partial charge in [0.25, 0.3) is 0 Å². The van der Waals surface area contributed by atoms with Crippen molar-refractivity contribution < 1.29 is 14.3 Å². The first-order valence-corrected chi connectivity index (χ1v) is 10.9. The number of nitrogens with zero attached hydrogens (tertiary/aromatic N) is 4. The summed E-state index contributed by atoms with van der Waals surface area (Å²) in [4.78, 5) is 12.6. The van der Waals surface area contributed by atoms with Crippen molar-refractivity contribution in [2.24, 2.45) is 0 Å². The van der Waals surface area contributed by atoms with Crippen LogP contribution < -0.4 is 14.8 Å². The minimum absolute atomic E-state index is 0.155. The molecule has 0 atom stereocenters. The molecule has 1 N–H and O–H groups in total. The molecule has 1 amide bonds. The predicted octanol–water partition coefficient (Wildman–Crippen LogP) is 4.11. The second-order valence-corrected chi connectivity index (χ2v) is 7.89. The number of nitrogens with one attached hydrogen (secondary N) is 1. The van der Waals surface area contributed by atoms with Crippen molar-refractivity contribution in [2.45, 2.75) is 12.1 Å². The van der Waals surface area contributed by atoms with Crippen molar-refractivity contribution in [3.8, 4) is 22.9 Å². The lowest BCUT2D eigenvalue weighted by molar-refractivity contribution is -0.113. The lowest BCUT2D eigenvalue weighted by atomic mass is 10.1. The molecule has 164 valence electrons. The Balaban J connectivity index is 1.54. The highest BCUT2D eigenvalue weighted by Crippen LogP contribution is 2.30. The first-order chi connectivity index (χ1) is 15.6. The van der Waals surface area contributed by atoms with Gasteiger partial charge in [-0.05, 0) is 31.2 Å². The molecule has 0 saturated heterocycles. The lowest BCUT2D eigenvalue weighted by Gasteiger charge is -2.13. The van der Waals surface area contributed by atoms with Crippen molar-refractivity contribution >= 4 is 23.4 Å². The highest BCUT2D eigenvalue weighted by Gasteiger charge is 2.17. The zero-order valence-electron chi connectivity index (χ0n) is 18.0. The Bertz CT molecular complexity index is 1200. The number of aryl methyl sites for hydroxylation is 1. The Morgan fingerprint density at radius 3 is 2.47 bits per heavy atom. The Morgan fingerprint density at radius 1 is 1.03 bits per heavy atom. The van der Waals surface area contributed by atoms with Gasteiger partial charge in [0.15, 0.2) is 5.82 Å². The summed E-state index contributed by atoms with van der Waals surface area (Å²) < 4.78 is 14.3. The van der Waals surface area contributed by atoms with Crippen LogP contribution >= 0.6 is 11.8 Å². The quantitative estimate of drug-likeness (QED) is 0.408. The maximum Gasteiger partial charge on any atom is 0.234 e. The normalized spacial score (nSPS) is 10.7. The molecule has 2 aromatic heterocycles. The number of thioether (sulfide) groups is 1. The van der Waals surface area contributed by atoms with Crippen LogP contribution in [0.4, 0.5) is 5.69 Å². The fourth-order valence-corrected chi connectivity index (χ4v) is 3.86. The molecule has 32 heavy (non-hydrogen) atoms. The Hall–Kier alpha value is -3.72. The summed E-state index contributed by atoms with van der Waals surface area (Å²) in [6.07, 6.45) is 3.82. The van der Waals surface area contributed by atoms with E-state index in [1.807, 2.05) is 65.1 Å². The molecular weight excluding hydrogens is 426 g/mol. The number of amides is 1. The second-order valence-electron chi connectivity index (χ2n) is 6.95. The molecule has 0 saturated carbocycles. The number of rotatable bonds is 8. The summed E-state index contributed by atoms with van der Waals surface area (Å²) in [6.45, 7) is 2.04. The van der Waals surface area contributed by atoms with Gasteiger partial charge in [0.1, 0.15) is 11.5 Å². The minimum Gasteiger partial charge on any atom is -0.497 e. The van der Waals surface area contributed by atoms with E-state index in [2.05, 4.69) is 15.5 Å². The average Bonchev–Trinajstić information content (AvgIpc) is 3.48. The largest absolute Gasteiger partial charge is 0.497 e. The Labute approximate surface area is 190 Å². The molecule has 0 aliphatic carbocycles. The molecule has 0 bridgehead atoms. The van der Waals surface area contributed by atoms with Crippen molar-refractivity contribution in [2.75, 3.05) is 25.3 Å². The lowest BCUT2D eigenvalue weighted by Crippen LogP contribution is -2.16. The minimum atomic E-state index is -0.183. The fraction of sp³-hybridized carbons (Fsp3) is 0.174. The standard InChI is InChI=1S/C23H23N5O3S/c1-16-6-8-17(9-7-16)22-25-26-23(28(22)27-12-4-5-13-27)32-15-21(29)24-19-11-10-18(30-2)14-20(19)31-3/h4-14H,15H2,1-3H3,(H,24,29). The summed E-state index contributed by atoms with van der Waals surface area (Å²) in [5, 5.41) is 12.2. The molecular formula is C23H23N5O3S. The average molecular weight is 450 g/mol. The molecule has 9 heteroatoms. The third-order valence-electron chi connectivity index (χ3n) is 4.76. The SMILES string of the molecule is COc1ccc(NC(=O)CSc2nnc(-c3ccc(C)cc3)n2-n2cccc2)c(OC)c1. The highest BCUT2D eigenvalue weighted by atomic mass is 32.2. The van der Waals surface area contributed by atoms with E-state index in [0.29, 0.717) is 28.2 Å². The number of ether oxygens (including phenoxy) is 2. The van der Waals surface area contributed by atoms with E-state index >= 15 is 0 Å². The van der Waals surface area contributed by atoms with Crippen LogP contribution in [0.2, 0.25) is 0 Å². The van der Waals surface area contributed by atoms with E-state index in [1.54, 1.807) is 32.4 Å². The number of benzene rings is 2. The third kappa shape index (κ3) is 4.62. The van der Waals surface area contributed by atoms with Gasteiger partial charge < -0.3 is 14.8 Å². The van der Waals surface area contributed by atoms with E-state index in [0.717, 1.165) is 5.56 Å². The van der Waals surface area contributed by atoms with Crippen LogP contribution in [0.15, 0.2) is 72.1 Å². The molecule has 0 radical (unpaired) electrons. The number of hydrogen-bond acceptors (Lipinski definition) is 6. The van der Waals surface area contributed by atoms with Gasteiger partial charge in [-0.15, -0.1) is 10.2 Å². The summed E-state index contributed by atoms with van der Waals surface area (Å²) >= 11 is 1.30. The van der Waals surface area contributed by atoms with Crippen LogP contribution in [-0.4, -0.2) is 45.4 Å². The molecule has 4 rings (SSSR count). The molecule has 0 unspecified atom stereocenters. The van der Waals surface area contributed by atoms with Gasteiger partial charge in [0.2, 0.25) is 11.1 Å². The maximum atomic E-state index is 12.6. The number of hydrogen-bond donors (Lipinski definition) is 1. The van der Waals surface area contributed by atoms with Crippen LogP contribution in [0.5, 0.6) is 11.5 Å². The van der Waals surface area contributed by atoms with Gasteiger partial charge in [-0.25, -0.2) is 4.68 Å². The van der Waals surface area contributed by atoms with E-state index in [4.69, 9.17) is 9.47 Å². The number of carbonyl (C=O) groups is 1. The predicted molar refractivity (Wildman–Crippen MR) is 124 cm³/mol. The number of carbonyl (C=O) groups excluding carboxylic acids is 1. The van der Waals surface area contributed by atoms with Gasteiger partial charge in [-0.2, -0.15) is 0 Å². The number of anilines is 1. The zero-order chi connectivity index (χ0) is 22.5. The Morgan fingerprint density at radius 2 is 1.78 bits per heavy atom. The molecule has 8 nitrogen and oxygen atoms in total. The summed E-state index contributed by atoms with van der Waals surface area (Å²) in [5.74, 6) is 1.85. The van der Waals surface area contributed by atoms with Crippen LogP contribution in [0.1, 0.15) is 5.56 Å². The molecule has 0 fully saturated rings. The molecule has 2 heterocycles. The van der Waals surface area contributed by atoms with Crippen LogP contribution in [0.3, 0.4) is 0 Å². The molecule has 2 aromatic carbocycles. The third-order valence-corrected chi connectivity index (χ3v) is 5.68. The number of aromatic nitrogens is 4. The second kappa shape index (κ2) is 9.61. The van der Waals surface area contributed by atoms with E-state index in [9.17, 15) is 4.79 Å². The van der Waals surface area contributed by atoms with Gasteiger partial charge >= 0.3 is 0 Å². The first-order valence-electron chi connectivity index (χ1n) is 9.90. The highest BCUT2D eigenvalue weighted by molar-refractivity contribution is 7.99. The monoisotopic (exact) mass is 449 g/mol. The van der Waals surface area contributed by atoms with Crippen molar-refractivity contribution in [3.63, 3.8) is 0 Å². The van der Waals surface area contributed by atoms with Gasteiger partial charge in [-0.1, -0.05) is 41.6 Å². The first kappa shape index (κ1) is 21.5. The van der Waals surface area contributed by atoms with E-state index < -0.39 is 0 Å². The van der Waals surface area contributed by atoms with Crippen LogP contribution in [0.25, 0.3) is 11.4 Å². The van der Waals surface area contributed by atoms with Crippen LogP contribution in [-0.2, 0) is 4.79 Å². The maximum absolute atomic E-state index is 12.6. The van der Waals surface area contributed by atoms with Crippen molar-refractivity contribution in [1.82, 2.24) is 19.5 Å². The van der Waals surface area contributed by atoms with Crippen molar-refractivity contribution in [1.29, 1.82) is 0 Å². The fourth-order valence-electron chi connectivity index (χ4n) is 3.12. The summed E-state index contributed by atoms with van der Waals surface area (Å²) in [7, 11) is 3.13. The Kier molecular flexibility index (Phi) is 6.46. The topological polar surface area (TPSA) is 83.2 Å². The molecule has 4 aromatic rings. The number of methoxy groups -OCH3 is 2. The van der Waals surface area contributed by atoms with Crippen LogP contribution in [0, 0.1) is 6.92 Å². The van der Waals surface area contributed by atoms with Gasteiger partial charge in [0, 0.05) is 24.0 Å².